The first-order valence-corrected chi connectivity index (χ1v) is 10.1. The highest BCUT2D eigenvalue weighted by molar-refractivity contribution is 6.00. The summed E-state index contributed by atoms with van der Waals surface area (Å²) >= 11 is 0. The minimum Gasteiger partial charge on any atom is -0.326 e. The van der Waals surface area contributed by atoms with Crippen LogP contribution in [0.1, 0.15) is 64.4 Å². The number of hydrogen-bond acceptors (Lipinski definition) is 3. The predicted molar refractivity (Wildman–Crippen MR) is 106 cm³/mol. The van der Waals surface area contributed by atoms with E-state index in [0.29, 0.717) is 6.42 Å². The second kappa shape index (κ2) is 7.10. The molecule has 0 saturated heterocycles. The van der Waals surface area contributed by atoms with Crippen LogP contribution in [0.25, 0.3) is 0 Å². The molecule has 4 aliphatic carbocycles. The summed E-state index contributed by atoms with van der Waals surface area (Å²) < 4.78 is 0. The van der Waals surface area contributed by atoms with Crippen molar-refractivity contribution in [2.45, 2.75) is 58.8 Å². The molecular weight excluding hydrogens is 338 g/mol. The van der Waals surface area contributed by atoms with Crippen LogP contribution in [0.15, 0.2) is 29.4 Å². The summed E-state index contributed by atoms with van der Waals surface area (Å²) in [7, 11) is 0. The van der Waals surface area contributed by atoms with Gasteiger partial charge in [0, 0.05) is 19.0 Å². The van der Waals surface area contributed by atoms with Gasteiger partial charge in [-0.05, 0) is 86.3 Å². The number of nitrogens with one attached hydrogen (secondary N) is 2. The lowest BCUT2D eigenvalue weighted by Crippen LogP contribution is -2.47. The van der Waals surface area contributed by atoms with Gasteiger partial charge in [0.05, 0.1) is 5.71 Å². The van der Waals surface area contributed by atoms with Crippen LogP contribution < -0.4 is 10.7 Å². The molecule has 0 atom stereocenters. The summed E-state index contributed by atoms with van der Waals surface area (Å²) in [5, 5.41) is 7.06. The van der Waals surface area contributed by atoms with Crippen molar-refractivity contribution >= 4 is 23.2 Å². The molecule has 4 fully saturated rings. The number of carbonyl (C=O) groups excluding carboxylic acids is 2. The average Bonchev–Trinajstić information content (AvgIpc) is 2.58. The Morgan fingerprint density at radius 2 is 1.56 bits per heavy atom. The Bertz CT molecular complexity index is 731. The molecule has 0 aliphatic heterocycles. The first kappa shape index (κ1) is 18.2. The Balaban J connectivity index is 1.35. The number of rotatable bonds is 5. The zero-order valence-corrected chi connectivity index (χ0v) is 16.3. The monoisotopic (exact) mass is 367 g/mol. The van der Waals surface area contributed by atoms with E-state index < -0.39 is 0 Å². The Hall–Kier alpha value is -2.17. The quantitative estimate of drug-likeness (QED) is 0.608. The maximum Gasteiger partial charge on any atom is 0.240 e. The standard InChI is InChI=1S/C22H29N3O2/c1-14(19-3-5-20(6-4-19)23-15(2)26)24-25-21(27)13-22-10-16-7-17(11-22)9-18(8-16)12-22/h3-6,16-18H,7-13H2,1-2H3,(H,23,26)(H,25,27). The van der Waals surface area contributed by atoms with Crippen molar-refractivity contribution in [3.8, 4) is 0 Å². The van der Waals surface area contributed by atoms with Gasteiger partial charge in [-0.2, -0.15) is 5.10 Å². The van der Waals surface area contributed by atoms with Crippen molar-refractivity contribution in [3.63, 3.8) is 0 Å². The van der Waals surface area contributed by atoms with Gasteiger partial charge in [-0.25, -0.2) is 5.43 Å². The molecule has 0 radical (unpaired) electrons. The first-order chi connectivity index (χ1) is 12.9. The summed E-state index contributed by atoms with van der Waals surface area (Å²) in [6.45, 7) is 3.37. The molecule has 0 heterocycles. The highest BCUT2D eigenvalue weighted by Crippen LogP contribution is 2.61. The largest absolute Gasteiger partial charge is 0.326 e. The molecule has 2 N–H and O–H groups in total. The lowest BCUT2D eigenvalue weighted by atomic mass is 9.49. The maximum absolute atomic E-state index is 12.6. The molecule has 5 heteroatoms. The van der Waals surface area contributed by atoms with Gasteiger partial charge in [0.1, 0.15) is 0 Å². The van der Waals surface area contributed by atoms with Gasteiger partial charge in [0.2, 0.25) is 11.8 Å². The van der Waals surface area contributed by atoms with Crippen LogP contribution in [0.3, 0.4) is 0 Å². The van der Waals surface area contributed by atoms with E-state index in [9.17, 15) is 9.59 Å². The van der Waals surface area contributed by atoms with Crippen molar-refractivity contribution < 1.29 is 9.59 Å². The number of carbonyl (C=O) groups is 2. The Morgan fingerprint density at radius 3 is 2.07 bits per heavy atom. The van der Waals surface area contributed by atoms with E-state index >= 15 is 0 Å². The molecule has 0 spiro atoms. The van der Waals surface area contributed by atoms with Crippen LogP contribution in [0, 0.1) is 23.2 Å². The molecule has 2 amide bonds. The predicted octanol–water partition coefficient (Wildman–Crippen LogP) is 4.09. The molecule has 4 bridgehead atoms. The highest BCUT2D eigenvalue weighted by Gasteiger charge is 2.51. The summed E-state index contributed by atoms with van der Waals surface area (Å²) in [5.74, 6) is 2.53. The number of benzene rings is 1. The van der Waals surface area contributed by atoms with E-state index in [1.54, 1.807) is 0 Å². The second-order valence-corrected chi connectivity index (χ2v) is 9.09. The number of hydrogen-bond donors (Lipinski definition) is 2. The molecule has 0 aromatic heterocycles. The van der Waals surface area contributed by atoms with Crippen molar-refractivity contribution in [2.75, 3.05) is 5.32 Å². The van der Waals surface area contributed by atoms with Crippen LogP contribution >= 0.6 is 0 Å². The topological polar surface area (TPSA) is 70.6 Å². The van der Waals surface area contributed by atoms with E-state index in [4.69, 9.17) is 0 Å². The van der Waals surface area contributed by atoms with E-state index in [1.165, 1.54) is 45.4 Å². The van der Waals surface area contributed by atoms with Crippen molar-refractivity contribution in [1.82, 2.24) is 5.43 Å². The molecule has 4 aliphatic rings. The van der Waals surface area contributed by atoms with E-state index in [-0.39, 0.29) is 17.2 Å². The van der Waals surface area contributed by atoms with Gasteiger partial charge in [-0.3, -0.25) is 9.59 Å². The second-order valence-electron chi connectivity index (χ2n) is 9.09. The normalized spacial score (nSPS) is 31.6. The zero-order valence-electron chi connectivity index (χ0n) is 16.3. The summed E-state index contributed by atoms with van der Waals surface area (Å²) in [4.78, 5) is 23.7. The molecule has 1 aromatic rings. The SMILES string of the molecule is CC(=O)Nc1ccc(C(C)=NNC(=O)CC23CC4CC(CC(C4)C2)C3)cc1. The lowest BCUT2D eigenvalue weighted by Gasteiger charge is -2.56. The lowest BCUT2D eigenvalue weighted by molar-refractivity contribution is -0.129. The van der Waals surface area contributed by atoms with Crippen LogP contribution in [-0.2, 0) is 9.59 Å². The summed E-state index contributed by atoms with van der Waals surface area (Å²) in [6.07, 6.45) is 8.51. The fourth-order valence-electron chi connectivity index (χ4n) is 6.10. The van der Waals surface area contributed by atoms with E-state index in [0.717, 1.165) is 34.7 Å². The average molecular weight is 367 g/mol. The van der Waals surface area contributed by atoms with Crippen molar-refractivity contribution in [3.05, 3.63) is 29.8 Å². The van der Waals surface area contributed by atoms with Crippen molar-refractivity contribution in [1.29, 1.82) is 0 Å². The van der Waals surface area contributed by atoms with Gasteiger partial charge in [0.15, 0.2) is 0 Å². The third kappa shape index (κ3) is 4.07. The van der Waals surface area contributed by atoms with Crippen LogP contribution in [0.2, 0.25) is 0 Å². The van der Waals surface area contributed by atoms with Gasteiger partial charge in [0.25, 0.3) is 0 Å². The van der Waals surface area contributed by atoms with E-state index in [2.05, 4.69) is 15.8 Å². The molecule has 1 aromatic carbocycles. The fraction of sp³-hybridized carbons (Fsp3) is 0.591. The van der Waals surface area contributed by atoms with E-state index in [1.807, 2.05) is 31.2 Å². The van der Waals surface area contributed by atoms with Crippen LogP contribution in [0.5, 0.6) is 0 Å². The van der Waals surface area contributed by atoms with Crippen LogP contribution in [0.4, 0.5) is 5.69 Å². The maximum atomic E-state index is 12.6. The Labute approximate surface area is 161 Å². The number of amides is 2. The first-order valence-electron chi connectivity index (χ1n) is 10.1. The Kier molecular flexibility index (Phi) is 4.79. The van der Waals surface area contributed by atoms with Gasteiger partial charge in [-0.1, -0.05) is 12.1 Å². The summed E-state index contributed by atoms with van der Waals surface area (Å²) in [6, 6.07) is 7.48. The molecule has 5 nitrogen and oxygen atoms in total. The number of anilines is 1. The molecule has 5 rings (SSSR count). The molecule has 27 heavy (non-hydrogen) atoms. The summed E-state index contributed by atoms with van der Waals surface area (Å²) in [5.41, 5.74) is 5.47. The highest BCUT2D eigenvalue weighted by atomic mass is 16.2. The zero-order chi connectivity index (χ0) is 19.0. The van der Waals surface area contributed by atoms with Gasteiger partial charge < -0.3 is 5.32 Å². The molecule has 0 unspecified atom stereocenters. The molecular formula is C22H29N3O2. The molecule has 4 saturated carbocycles. The third-order valence-electron chi connectivity index (χ3n) is 6.67. The number of hydrazone groups is 1. The third-order valence-corrected chi connectivity index (χ3v) is 6.67. The Morgan fingerprint density at radius 1 is 1.00 bits per heavy atom. The number of nitrogens with zero attached hydrogens (tertiary/aromatic N) is 1. The minimum absolute atomic E-state index is 0.0474. The fourth-order valence-corrected chi connectivity index (χ4v) is 6.10. The smallest absolute Gasteiger partial charge is 0.240 e. The minimum atomic E-state index is -0.0925. The molecule has 144 valence electrons. The van der Waals surface area contributed by atoms with Gasteiger partial charge in [-0.15, -0.1) is 0 Å². The van der Waals surface area contributed by atoms with Crippen molar-refractivity contribution in [2.24, 2.45) is 28.3 Å². The van der Waals surface area contributed by atoms with Gasteiger partial charge >= 0.3 is 0 Å². The van der Waals surface area contributed by atoms with Crippen LogP contribution in [-0.4, -0.2) is 17.5 Å².